The summed E-state index contributed by atoms with van der Waals surface area (Å²) in [5, 5.41) is 0. The summed E-state index contributed by atoms with van der Waals surface area (Å²) in [5.41, 5.74) is 5.51. The second-order valence-electron chi connectivity index (χ2n) is 2.40. The van der Waals surface area contributed by atoms with Crippen LogP contribution in [0.4, 0.5) is 0 Å². The molecule has 2 N–H and O–H groups in total. The summed E-state index contributed by atoms with van der Waals surface area (Å²) in [4.78, 5) is 10.8. The van der Waals surface area contributed by atoms with Gasteiger partial charge in [-0.05, 0) is 12.3 Å². The van der Waals surface area contributed by atoms with Gasteiger partial charge in [-0.15, -0.1) is 6.42 Å². The molecule has 2 unspecified atom stereocenters. The third kappa shape index (κ3) is 1.26. The zero-order chi connectivity index (χ0) is 7.56. The van der Waals surface area contributed by atoms with Crippen molar-refractivity contribution < 1.29 is 4.79 Å². The van der Waals surface area contributed by atoms with E-state index in [4.69, 9.17) is 12.2 Å². The Labute approximate surface area is 60.1 Å². The average molecular weight is 135 g/mol. The Kier molecular flexibility index (Phi) is 1.88. The van der Waals surface area contributed by atoms with Gasteiger partial charge >= 0.3 is 0 Å². The molecule has 0 radical (unpaired) electrons. The Bertz CT molecular complexity index is 212. The fraction of sp³-hybridized carbons (Fsp3) is 0.375. The van der Waals surface area contributed by atoms with Crippen molar-refractivity contribution in [2.45, 2.75) is 12.5 Å². The first-order valence-electron chi connectivity index (χ1n) is 3.18. The van der Waals surface area contributed by atoms with E-state index in [1.807, 2.05) is 6.08 Å². The highest BCUT2D eigenvalue weighted by Gasteiger charge is 2.20. The van der Waals surface area contributed by atoms with E-state index in [9.17, 15) is 4.79 Å². The lowest BCUT2D eigenvalue weighted by molar-refractivity contribution is -0.116. The largest absolute Gasteiger partial charge is 0.324 e. The maximum atomic E-state index is 10.8. The molecule has 0 aliphatic heterocycles. The van der Waals surface area contributed by atoms with Gasteiger partial charge in [-0.2, -0.15) is 0 Å². The molecular formula is C8H9NO. The van der Waals surface area contributed by atoms with Gasteiger partial charge in [-0.1, -0.05) is 12.2 Å². The molecule has 0 saturated heterocycles. The van der Waals surface area contributed by atoms with Crippen LogP contribution < -0.4 is 5.73 Å². The fourth-order valence-electron chi connectivity index (χ4n) is 1.03. The summed E-state index contributed by atoms with van der Waals surface area (Å²) in [5.74, 6) is 1.79. The summed E-state index contributed by atoms with van der Waals surface area (Å²) in [6.45, 7) is 0. The van der Waals surface area contributed by atoms with Crippen molar-refractivity contribution in [3.05, 3.63) is 12.2 Å². The molecule has 0 bridgehead atoms. The van der Waals surface area contributed by atoms with Crippen LogP contribution in [0, 0.1) is 18.3 Å². The zero-order valence-electron chi connectivity index (χ0n) is 5.58. The topological polar surface area (TPSA) is 43.1 Å². The summed E-state index contributed by atoms with van der Waals surface area (Å²) < 4.78 is 0. The van der Waals surface area contributed by atoms with Gasteiger partial charge in [0.25, 0.3) is 0 Å². The maximum absolute atomic E-state index is 10.8. The molecule has 0 aromatic carbocycles. The zero-order valence-corrected chi connectivity index (χ0v) is 5.58. The number of carbonyl (C=O) groups is 1. The number of Topliss-reactive ketones (excluding diaryl/α,β-unsaturated/α-hetero) is 1. The van der Waals surface area contributed by atoms with Gasteiger partial charge in [0, 0.05) is 12.0 Å². The predicted octanol–water partition coefficient (Wildman–Crippen LogP) is 0.0921. The lowest BCUT2D eigenvalue weighted by Gasteiger charge is -2.01. The number of carbonyl (C=O) groups excluding carboxylic acids is 1. The molecule has 0 saturated carbocycles. The molecule has 2 nitrogen and oxygen atoms in total. The minimum atomic E-state index is -0.163. The van der Waals surface area contributed by atoms with Gasteiger partial charge < -0.3 is 5.73 Å². The molecule has 2 atom stereocenters. The molecule has 0 aromatic rings. The van der Waals surface area contributed by atoms with Crippen LogP contribution in [-0.2, 0) is 4.79 Å². The van der Waals surface area contributed by atoms with E-state index in [2.05, 4.69) is 5.92 Å². The first kappa shape index (κ1) is 7.04. The summed E-state index contributed by atoms with van der Waals surface area (Å²) in [7, 11) is 0. The first-order valence-corrected chi connectivity index (χ1v) is 3.18. The van der Waals surface area contributed by atoms with Crippen molar-refractivity contribution in [2.75, 3.05) is 0 Å². The van der Waals surface area contributed by atoms with Crippen molar-refractivity contribution >= 4 is 5.78 Å². The number of nitrogens with two attached hydrogens (primary N) is 1. The second-order valence-corrected chi connectivity index (χ2v) is 2.40. The molecule has 52 valence electrons. The number of allylic oxidation sites excluding steroid dienone is 1. The molecule has 0 fully saturated rings. The van der Waals surface area contributed by atoms with Gasteiger partial charge in [0.15, 0.2) is 0 Å². The Hall–Kier alpha value is -1.07. The Balaban J connectivity index is 2.57. The number of rotatable bonds is 1. The highest BCUT2D eigenvalue weighted by atomic mass is 16.1. The van der Waals surface area contributed by atoms with Crippen LogP contribution in [0.2, 0.25) is 0 Å². The second kappa shape index (κ2) is 2.68. The Morgan fingerprint density at radius 2 is 2.40 bits per heavy atom. The van der Waals surface area contributed by atoms with E-state index in [0.717, 1.165) is 0 Å². The SMILES string of the molecule is C#CC(=O)C1C=CC(N)C1. The van der Waals surface area contributed by atoms with Crippen molar-refractivity contribution in [3.8, 4) is 12.3 Å². The van der Waals surface area contributed by atoms with Gasteiger partial charge in [0.05, 0.1) is 0 Å². The van der Waals surface area contributed by atoms with Crippen molar-refractivity contribution in [1.29, 1.82) is 0 Å². The molecule has 1 aliphatic rings. The smallest absolute Gasteiger partial charge is 0.212 e. The molecule has 2 heteroatoms. The summed E-state index contributed by atoms with van der Waals surface area (Å²) in [6, 6.07) is 0.0160. The van der Waals surface area contributed by atoms with Gasteiger partial charge in [-0.3, -0.25) is 4.79 Å². The van der Waals surface area contributed by atoms with E-state index < -0.39 is 0 Å². The predicted molar refractivity (Wildman–Crippen MR) is 39.1 cm³/mol. The van der Waals surface area contributed by atoms with Gasteiger partial charge in [0.2, 0.25) is 5.78 Å². The molecular weight excluding hydrogens is 126 g/mol. The molecule has 0 heterocycles. The summed E-state index contributed by atoms with van der Waals surface area (Å²) in [6.07, 6.45) is 9.20. The standard InChI is InChI=1S/C8H9NO/c1-2-8(10)6-3-4-7(9)5-6/h1,3-4,6-7H,5,9H2. The lowest BCUT2D eigenvalue weighted by atomic mass is 10.0. The quantitative estimate of drug-likeness (QED) is 0.314. The van der Waals surface area contributed by atoms with E-state index in [1.54, 1.807) is 6.08 Å². The molecule has 1 aliphatic carbocycles. The number of hydrogen-bond acceptors (Lipinski definition) is 2. The highest BCUT2D eigenvalue weighted by Crippen LogP contribution is 2.16. The molecule has 0 amide bonds. The minimum absolute atomic E-state index is 0.0160. The molecule has 1 rings (SSSR count). The van der Waals surface area contributed by atoms with Crippen LogP contribution in [0.25, 0.3) is 0 Å². The van der Waals surface area contributed by atoms with Crippen LogP contribution in [0.5, 0.6) is 0 Å². The fourth-order valence-corrected chi connectivity index (χ4v) is 1.03. The monoisotopic (exact) mass is 135 g/mol. The Morgan fingerprint density at radius 3 is 2.80 bits per heavy atom. The molecule has 0 spiro atoms. The number of ketones is 1. The van der Waals surface area contributed by atoms with Crippen LogP contribution in [0.1, 0.15) is 6.42 Å². The third-order valence-electron chi connectivity index (χ3n) is 1.60. The highest BCUT2D eigenvalue weighted by molar-refractivity contribution is 5.98. The van der Waals surface area contributed by atoms with Crippen molar-refractivity contribution in [1.82, 2.24) is 0 Å². The molecule has 0 aromatic heterocycles. The van der Waals surface area contributed by atoms with E-state index in [1.165, 1.54) is 0 Å². The van der Waals surface area contributed by atoms with Crippen LogP contribution in [0.15, 0.2) is 12.2 Å². The number of terminal acetylenes is 1. The first-order chi connectivity index (χ1) is 4.74. The summed E-state index contributed by atoms with van der Waals surface area (Å²) >= 11 is 0. The normalized spacial score (nSPS) is 30.0. The van der Waals surface area contributed by atoms with Gasteiger partial charge in [0.1, 0.15) is 0 Å². The molecule has 10 heavy (non-hydrogen) atoms. The van der Waals surface area contributed by atoms with E-state index >= 15 is 0 Å². The van der Waals surface area contributed by atoms with Crippen molar-refractivity contribution in [3.63, 3.8) is 0 Å². The van der Waals surface area contributed by atoms with Crippen LogP contribution >= 0.6 is 0 Å². The van der Waals surface area contributed by atoms with E-state index in [0.29, 0.717) is 6.42 Å². The minimum Gasteiger partial charge on any atom is -0.324 e. The van der Waals surface area contributed by atoms with E-state index in [-0.39, 0.29) is 17.7 Å². The third-order valence-corrected chi connectivity index (χ3v) is 1.60. The Morgan fingerprint density at radius 1 is 1.70 bits per heavy atom. The van der Waals surface area contributed by atoms with Gasteiger partial charge in [-0.25, -0.2) is 0 Å². The lowest BCUT2D eigenvalue weighted by Crippen LogP contribution is -2.17. The van der Waals surface area contributed by atoms with Crippen LogP contribution in [-0.4, -0.2) is 11.8 Å². The average Bonchev–Trinajstić information content (AvgIpc) is 2.34. The van der Waals surface area contributed by atoms with Crippen LogP contribution in [0.3, 0.4) is 0 Å². The maximum Gasteiger partial charge on any atom is 0.212 e. The number of hydrogen-bond donors (Lipinski definition) is 1. The van der Waals surface area contributed by atoms with Crippen molar-refractivity contribution in [2.24, 2.45) is 11.7 Å².